The Kier molecular flexibility index (Phi) is 4.68. The third-order valence-corrected chi connectivity index (χ3v) is 3.53. The van der Waals surface area contributed by atoms with Crippen molar-refractivity contribution >= 4 is 28.0 Å². The van der Waals surface area contributed by atoms with Gasteiger partial charge in [0.05, 0.1) is 11.8 Å². The number of ether oxygens (including phenoxy) is 1. The first-order chi connectivity index (χ1) is 11.2. The number of rotatable bonds is 5. The van der Waals surface area contributed by atoms with E-state index >= 15 is 0 Å². The molecule has 0 saturated heterocycles. The first kappa shape index (κ1) is 15.2. The van der Waals surface area contributed by atoms with Crippen LogP contribution in [-0.4, -0.2) is 16.2 Å². The van der Waals surface area contributed by atoms with Gasteiger partial charge in [0.1, 0.15) is 5.76 Å². The quantitative estimate of drug-likeness (QED) is 0.498. The van der Waals surface area contributed by atoms with Crippen LogP contribution in [0.3, 0.4) is 0 Å². The molecule has 7 heteroatoms. The molecule has 0 saturated carbocycles. The number of halogens is 1. The molecular formula is C16H11BrN2O4. The summed E-state index contributed by atoms with van der Waals surface area (Å²) in [5.74, 6) is 0.614. The molecule has 0 spiro atoms. The molecule has 0 fully saturated rings. The average Bonchev–Trinajstić information content (AvgIpc) is 3.23. The number of esters is 1. The van der Waals surface area contributed by atoms with E-state index in [1.54, 1.807) is 12.1 Å². The van der Waals surface area contributed by atoms with Gasteiger partial charge in [-0.3, -0.25) is 0 Å². The predicted molar refractivity (Wildman–Crippen MR) is 85.0 cm³/mol. The van der Waals surface area contributed by atoms with Crippen molar-refractivity contribution in [3.05, 3.63) is 64.9 Å². The minimum absolute atomic E-state index is 0.0984. The third kappa shape index (κ3) is 3.95. The van der Waals surface area contributed by atoms with Gasteiger partial charge >= 0.3 is 5.97 Å². The van der Waals surface area contributed by atoms with Gasteiger partial charge in [0.15, 0.2) is 6.61 Å². The van der Waals surface area contributed by atoms with Gasteiger partial charge in [0, 0.05) is 10.5 Å². The fourth-order valence-corrected chi connectivity index (χ4v) is 2.23. The van der Waals surface area contributed by atoms with E-state index < -0.39 is 5.97 Å². The van der Waals surface area contributed by atoms with E-state index in [9.17, 15) is 4.79 Å². The number of aromatic nitrogens is 2. The smallest absolute Gasteiger partial charge is 0.331 e. The topological polar surface area (TPSA) is 78.4 Å². The molecule has 0 amide bonds. The minimum atomic E-state index is -0.526. The van der Waals surface area contributed by atoms with Crippen LogP contribution in [0.25, 0.3) is 17.5 Å². The summed E-state index contributed by atoms with van der Waals surface area (Å²) in [6.07, 6.45) is 4.30. The summed E-state index contributed by atoms with van der Waals surface area (Å²) in [6.45, 7) is -0.0984. The number of nitrogens with zero attached hydrogens (tertiary/aromatic N) is 2. The highest BCUT2D eigenvalue weighted by Gasteiger charge is 2.12. The Hall–Kier alpha value is -2.67. The van der Waals surface area contributed by atoms with Crippen molar-refractivity contribution in [2.24, 2.45) is 0 Å². The number of carbonyl (C=O) groups excluding carboxylic acids is 1. The molecule has 0 aliphatic rings. The van der Waals surface area contributed by atoms with Gasteiger partial charge in [0.25, 0.3) is 5.89 Å². The SMILES string of the molecule is O=C(/C=C/c1ccco1)OCc1nnc(-c2ccccc2Br)o1. The summed E-state index contributed by atoms with van der Waals surface area (Å²) < 4.78 is 16.4. The molecule has 0 unspecified atom stereocenters. The van der Waals surface area contributed by atoms with Crippen LogP contribution in [0.1, 0.15) is 11.7 Å². The van der Waals surface area contributed by atoms with E-state index in [4.69, 9.17) is 13.6 Å². The first-order valence-corrected chi connectivity index (χ1v) is 7.47. The van der Waals surface area contributed by atoms with Crippen LogP contribution in [0.4, 0.5) is 0 Å². The lowest BCUT2D eigenvalue weighted by Gasteiger charge is -1.98. The molecule has 0 aliphatic carbocycles. The van der Waals surface area contributed by atoms with Crippen LogP contribution >= 0.6 is 15.9 Å². The molecule has 0 bridgehead atoms. The molecule has 23 heavy (non-hydrogen) atoms. The standard InChI is InChI=1S/C16H11BrN2O4/c17-13-6-2-1-5-12(13)16-19-18-14(23-16)10-22-15(20)8-7-11-4-3-9-21-11/h1-9H,10H2/b8-7+. The molecule has 0 atom stereocenters. The second-order valence-corrected chi connectivity index (χ2v) is 5.29. The number of benzene rings is 1. The van der Waals surface area contributed by atoms with Crippen molar-refractivity contribution in [2.75, 3.05) is 0 Å². The number of carbonyl (C=O) groups is 1. The molecule has 2 aromatic heterocycles. The second kappa shape index (κ2) is 7.06. The monoisotopic (exact) mass is 374 g/mol. The number of furan rings is 1. The Morgan fingerprint density at radius 1 is 1.22 bits per heavy atom. The Bertz CT molecular complexity index is 824. The van der Waals surface area contributed by atoms with Gasteiger partial charge < -0.3 is 13.6 Å². The van der Waals surface area contributed by atoms with Crippen molar-refractivity contribution in [2.45, 2.75) is 6.61 Å². The third-order valence-electron chi connectivity index (χ3n) is 2.84. The molecular weight excluding hydrogens is 364 g/mol. The van der Waals surface area contributed by atoms with Crippen molar-refractivity contribution in [1.29, 1.82) is 0 Å². The van der Waals surface area contributed by atoms with Gasteiger partial charge in [-0.2, -0.15) is 0 Å². The van der Waals surface area contributed by atoms with E-state index in [1.165, 1.54) is 18.4 Å². The Labute approximate surface area is 139 Å². The second-order valence-electron chi connectivity index (χ2n) is 4.44. The lowest BCUT2D eigenvalue weighted by atomic mass is 10.2. The van der Waals surface area contributed by atoms with Gasteiger partial charge in [-0.05, 0) is 46.3 Å². The van der Waals surface area contributed by atoms with E-state index in [-0.39, 0.29) is 12.5 Å². The van der Waals surface area contributed by atoms with Gasteiger partial charge in [0.2, 0.25) is 5.89 Å². The minimum Gasteiger partial charge on any atom is -0.465 e. The van der Waals surface area contributed by atoms with Gasteiger partial charge in [-0.1, -0.05) is 12.1 Å². The van der Waals surface area contributed by atoms with E-state index in [0.717, 1.165) is 10.0 Å². The summed E-state index contributed by atoms with van der Waals surface area (Å²) in [5.41, 5.74) is 0.773. The Balaban J connectivity index is 1.59. The van der Waals surface area contributed by atoms with E-state index in [2.05, 4.69) is 26.1 Å². The molecule has 3 aromatic rings. The summed E-state index contributed by atoms with van der Waals surface area (Å²) in [7, 11) is 0. The highest BCUT2D eigenvalue weighted by molar-refractivity contribution is 9.10. The molecule has 0 aliphatic heterocycles. The van der Waals surface area contributed by atoms with Crippen LogP contribution < -0.4 is 0 Å². The van der Waals surface area contributed by atoms with Crippen LogP contribution in [-0.2, 0) is 16.1 Å². The molecule has 3 rings (SSSR count). The van der Waals surface area contributed by atoms with Crippen molar-refractivity contribution < 1.29 is 18.4 Å². The van der Waals surface area contributed by atoms with Crippen LogP contribution in [0.5, 0.6) is 0 Å². The largest absolute Gasteiger partial charge is 0.465 e. The molecule has 1 aromatic carbocycles. The first-order valence-electron chi connectivity index (χ1n) is 6.68. The predicted octanol–water partition coefficient (Wildman–Crippen LogP) is 3.85. The lowest BCUT2D eigenvalue weighted by Crippen LogP contribution is -2.00. The zero-order valence-electron chi connectivity index (χ0n) is 11.8. The maximum atomic E-state index is 11.6. The van der Waals surface area contributed by atoms with Crippen LogP contribution in [0.15, 0.2) is 62.0 Å². The maximum absolute atomic E-state index is 11.6. The fourth-order valence-electron chi connectivity index (χ4n) is 1.77. The maximum Gasteiger partial charge on any atom is 0.331 e. The average molecular weight is 375 g/mol. The highest BCUT2D eigenvalue weighted by Crippen LogP contribution is 2.26. The Morgan fingerprint density at radius 2 is 2.09 bits per heavy atom. The lowest BCUT2D eigenvalue weighted by molar-refractivity contribution is -0.139. The normalized spacial score (nSPS) is 11.0. The zero-order valence-corrected chi connectivity index (χ0v) is 13.4. The summed E-state index contributed by atoms with van der Waals surface area (Å²) in [6, 6.07) is 10.9. The van der Waals surface area contributed by atoms with Crippen LogP contribution in [0, 0.1) is 0 Å². The van der Waals surface area contributed by atoms with E-state index in [1.807, 2.05) is 24.3 Å². The fraction of sp³-hybridized carbons (Fsp3) is 0.0625. The highest BCUT2D eigenvalue weighted by atomic mass is 79.9. The van der Waals surface area contributed by atoms with Crippen molar-refractivity contribution in [3.63, 3.8) is 0 Å². The van der Waals surface area contributed by atoms with E-state index in [0.29, 0.717) is 11.7 Å². The van der Waals surface area contributed by atoms with Gasteiger partial charge in [-0.15, -0.1) is 10.2 Å². The van der Waals surface area contributed by atoms with Crippen molar-refractivity contribution in [3.8, 4) is 11.5 Å². The summed E-state index contributed by atoms with van der Waals surface area (Å²) in [4.78, 5) is 11.6. The summed E-state index contributed by atoms with van der Waals surface area (Å²) >= 11 is 3.41. The van der Waals surface area contributed by atoms with Crippen molar-refractivity contribution in [1.82, 2.24) is 10.2 Å². The molecule has 2 heterocycles. The summed E-state index contributed by atoms with van der Waals surface area (Å²) in [5, 5.41) is 7.80. The number of hydrogen-bond acceptors (Lipinski definition) is 6. The van der Waals surface area contributed by atoms with Crippen LogP contribution in [0.2, 0.25) is 0 Å². The molecule has 0 N–H and O–H groups in total. The zero-order chi connectivity index (χ0) is 16.1. The molecule has 116 valence electrons. The number of hydrogen-bond donors (Lipinski definition) is 0. The molecule has 0 radical (unpaired) electrons. The molecule has 6 nitrogen and oxygen atoms in total. The Morgan fingerprint density at radius 3 is 2.87 bits per heavy atom. The van der Waals surface area contributed by atoms with Gasteiger partial charge in [-0.25, -0.2) is 4.79 Å².